The van der Waals surface area contributed by atoms with Crippen LogP contribution in [-0.4, -0.2) is 18.3 Å². The quantitative estimate of drug-likeness (QED) is 0.808. The number of hydrogen-bond acceptors (Lipinski definition) is 1. The number of benzene rings is 1. The number of carbonyl (C=O) groups is 1. The summed E-state index contributed by atoms with van der Waals surface area (Å²) in [5.74, 6) is -6.64. The summed E-state index contributed by atoms with van der Waals surface area (Å²) in [6.45, 7) is 1.66. The van der Waals surface area contributed by atoms with Crippen LogP contribution in [0.15, 0.2) is 28.7 Å². The van der Waals surface area contributed by atoms with Gasteiger partial charge in [-0.25, -0.2) is 8.78 Å². The highest BCUT2D eigenvalue weighted by molar-refractivity contribution is 9.10. The minimum absolute atomic E-state index is 0.312. The van der Waals surface area contributed by atoms with Crippen molar-refractivity contribution in [3.05, 3.63) is 34.3 Å². The van der Waals surface area contributed by atoms with E-state index in [-0.39, 0.29) is 0 Å². The van der Waals surface area contributed by atoms with Gasteiger partial charge in [-0.1, -0.05) is 35.0 Å². The standard InChI is InChI=1S/C12H12BrF4NO/c1-2-9(7-3-5-8(13)6-4-7)18-11(19)12(16,17)10(14)15/h3-6,9-10H,2H2,1H3,(H,18,19). The zero-order valence-electron chi connectivity index (χ0n) is 9.97. The van der Waals surface area contributed by atoms with Gasteiger partial charge in [0.05, 0.1) is 6.04 Å². The fourth-order valence-corrected chi connectivity index (χ4v) is 1.73. The van der Waals surface area contributed by atoms with Crippen LogP contribution in [0.2, 0.25) is 0 Å². The Morgan fingerprint density at radius 3 is 2.26 bits per heavy atom. The molecule has 0 heterocycles. The average molecular weight is 342 g/mol. The third-order valence-corrected chi connectivity index (χ3v) is 3.09. The lowest BCUT2D eigenvalue weighted by Crippen LogP contribution is -2.46. The molecule has 0 saturated heterocycles. The summed E-state index contributed by atoms with van der Waals surface area (Å²) < 4.78 is 50.6. The molecule has 0 aliphatic carbocycles. The molecular formula is C12H12BrF4NO. The smallest absolute Gasteiger partial charge is 0.344 e. The lowest BCUT2D eigenvalue weighted by atomic mass is 10.0. The van der Waals surface area contributed by atoms with Crippen LogP contribution in [0.4, 0.5) is 17.6 Å². The Morgan fingerprint density at radius 1 is 1.32 bits per heavy atom. The molecule has 0 bridgehead atoms. The fourth-order valence-electron chi connectivity index (χ4n) is 1.47. The van der Waals surface area contributed by atoms with Gasteiger partial charge in [0, 0.05) is 4.47 Å². The van der Waals surface area contributed by atoms with Crippen molar-refractivity contribution in [2.75, 3.05) is 0 Å². The summed E-state index contributed by atoms with van der Waals surface area (Å²) in [5, 5.41) is 1.94. The molecule has 0 spiro atoms. The van der Waals surface area contributed by atoms with E-state index in [1.54, 1.807) is 31.2 Å². The van der Waals surface area contributed by atoms with E-state index in [2.05, 4.69) is 15.9 Å². The van der Waals surface area contributed by atoms with Gasteiger partial charge in [0.15, 0.2) is 0 Å². The molecule has 1 aromatic carbocycles. The molecule has 0 aliphatic rings. The van der Waals surface area contributed by atoms with Crippen molar-refractivity contribution in [2.24, 2.45) is 0 Å². The van der Waals surface area contributed by atoms with E-state index in [0.717, 1.165) is 4.47 Å². The molecule has 2 nitrogen and oxygen atoms in total. The summed E-state index contributed by atoms with van der Waals surface area (Å²) in [4.78, 5) is 11.2. The van der Waals surface area contributed by atoms with E-state index in [4.69, 9.17) is 0 Å². The molecule has 0 fully saturated rings. The number of nitrogens with one attached hydrogen (secondary N) is 1. The second-order valence-electron chi connectivity index (χ2n) is 3.91. The van der Waals surface area contributed by atoms with Crippen molar-refractivity contribution in [3.8, 4) is 0 Å². The zero-order chi connectivity index (χ0) is 14.6. The third-order valence-electron chi connectivity index (χ3n) is 2.56. The average Bonchev–Trinajstić information content (AvgIpc) is 2.36. The first-order valence-electron chi connectivity index (χ1n) is 5.51. The Labute approximate surface area is 116 Å². The van der Waals surface area contributed by atoms with Crippen molar-refractivity contribution in [1.29, 1.82) is 0 Å². The summed E-state index contributed by atoms with van der Waals surface area (Å²) in [7, 11) is 0. The van der Waals surface area contributed by atoms with Crippen LogP contribution >= 0.6 is 15.9 Å². The molecular weight excluding hydrogens is 330 g/mol. The lowest BCUT2D eigenvalue weighted by molar-refractivity contribution is -0.170. The second kappa shape index (κ2) is 6.36. The van der Waals surface area contributed by atoms with Gasteiger partial charge in [0.2, 0.25) is 0 Å². The van der Waals surface area contributed by atoms with Gasteiger partial charge in [-0.05, 0) is 24.1 Å². The number of carbonyl (C=O) groups excluding carboxylic acids is 1. The van der Waals surface area contributed by atoms with Crippen molar-refractivity contribution >= 4 is 21.8 Å². The summed E-state index contributed by atoms with van der Waals surface area (Å²) in [5.41, 5.74) is 0.573. The van der Waals surface area contributed by atoms with Gasteiger partial charge in [-0.15, -0.1) is 0 Å². The van der Waals surface area contributed by atoms with Gasteiger partial charge in [-0.2, -0.15) is 8.78 Å². The molecule has 7 heteroatoms. The van der Waals surface area contributed by atoms with Crippen LogP contribution in [0.25, 0.3) is 0 Å². The summed E-state index contributed by atoms with van der Waals surface area (Å²) in [6.07, 6.45) is -3.71. The van der Waals surface area contributed by atoms with Crippen LogP contribution in [0.5, 0.6) is 0 Å². The van der Waals surface area contributed by atoms with Gasteiger partial charge < -0.3 is 5.32 Å². The summed E-state index contributed by atoms with van der Waals surface area (Å²) >= 11 is 3.21. The van der Waals surface area contributed by atoms with Crippen LogP contribution in [0.1, 0.15) is 24.9 Å². The Morgan fingerprint density at radius 2 is 1.84 bits per heavy atom. The molecule has 0 aromatic heterocycles. The molecule has 1 rings (SSSR count). The second-order valence-corrected chi connectivity index (χ2v) is 4.83. The lowest BCUT2D eigenvalue weighted by Gasteiger charge is -2.21. The SMILES string of the molecule is CCC(NC(=O)C(F)(F)C(F)F)c1ccc(Br)cc1. The summed E-state index contributed by atoms with van der Waals surface area (Å²) in [6, 6.07) is 5.87. The molecule has 1 unspecified atom stereocenters. The van der Waals surface area contributed by atoms with Gasteiger partial charge in [-0.3, -0.25) is 4.79 Å². The van der Waals surface area contributed by atoms with E-state index in [1.165, 1.54) is 0 Å². The highest BCUT2D eigenvalue weighted by atomic mass is 79.9. The van der Waals surface area contributed by atoms with E-state index in [9.17, 15) is 22.4 Å². The first-order valence-corrected chi connectivity index (χ1v) is 6.30. The number of hydrogen-bond donors (Lipinski definition) is 1. The normalized spacial score (nSPS) is 13.4. The van der Waals surface area contributed by atoms with Gasteiger partial charge in [0.1, 0.15) is 0 Å². The highest BCUT2D eigenvalue weighted by Gasteiger charge is 2.49. The Hall–Kier alpha value is -1.11. The van der Waals surface area contributed by atoms with Crippen LogP contribution < -0.4 is 5.32 Å². The molecule has 0 radical (unpaired) electrons. The molecule has 1 N–H and O–H groups in total. The zero-order valence-corrected chi connectivity index (χ0v) is 11.6. The highest BCUT2D eigenvalue weighted by Crippen LogP contribution is 2.26. The number of alkyl halides is 4. The fraction of sp³-hybridized carbons (Fsp3) is 0.417. The van der Waals surface area contributed by atoms with Crippen molar-refractivity contribution in [2.45, 2.75) is 31.7 Å². The maximum Gasteiger partial charge on any atom is 0.383 e. The maximum absolute atomic E-state index is 12.8. The van der Waals surface area contributed by atoms with Gasteiger partial charge >= 0.3 is 12.3 Å². The maximum atomic E-state index is 12.8. The van der Waals surface area contributed by atoms with Crippen LogP contribution in [0.3, 0.4) is 0 Å². The Bertz CT molecular complexity index is 436. The van der Waals surface area contributed by atoms with E-state index in [1.807, 2.05) is 5.32 Å². The monoisotopic (exact) mass is 341 g/mol. The molecule has 1 aromatic rings. The van der Waals surface area contributed by atoms with Crippen LogP contribution in [0, 0.1) is 0 Å². The van der Waals surface area contributed by atoms with E-state index < -0.39 is 24.3 Å². The van der Waals surface area contributed by atoms with Gasteiger partial charge in [0.25, 0.3) is 5.91 Å². The Kier molecular flexibility index (Phi) is 5.34. The molecule has 106 valence electrons. The van der Waals surface area contributed by atoms with E-state index >= 15 is 0 Å². The number of rotatable bonds is 5. The number of halogens is 5. The predicted octanol–water partition coefficient (Wildman–Crippen LogP) is 3.92. The third kappa shape index (κ3) is 3.92. The molecule has 19 heavy (non-hydrogen) atoms. The first-order chi connectivity index (χ1) is 8.78. The van der Waals surface area contributed by atoms with Crippen molar-refractivity contribution in [3.63, 3.8) is 0 Å². The van der Waals surface area contributed by atoms with Crippen LogP contribution in [-0.2, 0) is 4.79 Å². The minimum Gasteiger partial charge on any atom is -0.344 e. The minimum atomic E-state index is -4.68. The van der Waals surface area contributed by atoms with Crippen molar-refractivity contribution in [1.82, 2.24) is 5.32 Å². The topological polar surface area (TPSA) is 29.1 Å². The predicted molar refractivity (Wildman–Crippen MR) is 66.3 cm³/mol. The largest absolute Gasteiger partial charge is 0.383 e. The Balaban J connectivity index is 2.83. The molecule has 1 amide bonds. The molecule has 1 atom stereocenters. The van der Waals surface area contributed by atoms with E-state index in [0.29, 0.717) is 12.0 Å². The molecule has 0 saturated carbocycles. The first kappa shape index (κ1) is 15.9. The molecule has 0 aliphatic heterocycles. The van der Waals surface area contributed by atoms with Crippen molar-refractivity contribution < 1.29 is 22.4 Å². The number of amides is 1.